The van der Waals surface area contributed by atoms with E-state index < -0.39 is 10.8 Å². The van der Waals surface area contributed by atoms with Crippen molar-refractivity contribution < 1.29 is 4.21 Å². The van der Waals surface area contributed by atoms with Gasteiger partial charge in [0.15, 0.2) is 0 Å². The molecule has 0 bridgehead atoms. The molecule has 27 heavy (non-hydrogen) atoms. The van der Waals surface area contributed by atoms with E-state index in [4.69, 9.17) is 11.1 Å². The zero-order valence-corrected chi connectivity index (χ0v) is 17.8. The molecule has 0 fully saturated rings. The second-order valence-electron chi connectivity index (χ2n) is 6.13. The van der Waals surface area contributed by atoms with Gasteiger partial charge in [0.1, 0.15) is 0 Å². The number of thiophene rings is 1. The van der Waals surface area contributed by atoms with Crippen LogP contribution in [-0.2, 0) is 10.8 Å². The molecule has 2 aromatic carbocycles. The second-order valence-corrected chi connectivity index (χ2v) is 9.58. The van der Waals surface area contributed by atoms with Gasteiger partial charge in [-0.1, -0.05) is 12.1 Å². The summed E-state index contributed by atoms with van der Waals surface area (Å²) in [5.74, 6) is 0. The van der Waals surface area contributed by atoms with Crippen molar-refractivity contribution >= 4 is 51.2 Å². The van der Waals surface area contributed by atoms with Gasteiger partial charge in [-0.25, -0.2) is 0 Å². The van der Waals surface area contributed by atoms with E-state index in [2.05, 4.69) is 18.6 Å². The monoisotopic (exact) mass is 415 g/mol. The maximum atomic E-state index is 11.9. The number of nitrogens with one attached hydrogen (secondary N) is 2. The number of benzene rings is 2. The van der Waals surface area contributed by atoms with E-state index in [1.165, 1.54) is 22.4 Å². The Hall–Kier alpha value is -2.09. The molecule has 3 aromatic rings. The minimum absolute atomic E-state index is 0.428. The van der Waals surface area contributed by atoms with Crippen LogP contribution in [0.3, 0.4) is 0 Å². The third-order valence-corrected chi connectivity index (χ3v) is 7.36. The van der Waals surface area contributed by atoms with Crippen molar-refractivity contribution in [1.82, 2.24) is 0 Å². The van der Waals surface area contributed by atoms with Crippen LogP contribution < -0.4 is 10.5 Å². The van der Waals surface area contributed by atoms with Crippen molar-refractivity contribution in [2.24, 2.45) is 0 Å². The van der Waals surface area contributed by atoms with Crippen LogP contribution in [0.5, 0.6) is 0 Å². The summed E-state index contributed by atoms with van der Waals surface area (Å²) in [6.07, 6.45) is 1.67. The highest BCUT2D eigenvalue weighted by Crippen LogP contribution is 2.30. The predicted octanol–water partition coefficient (Wildman–Crippen LogP) is 5.22. The van der Waals surface area contributed by atoms with Gasteiger partial charge in [0.05, 0.1) is 26.3 Å². The number of anilines is 2. The molecule has 1 aromatic heterocycles. The summed E-state index contributed by atoms with van der Waals surface area (Å²) in [5.41, 5.74) is 9.87. The molecule has 0 radical (unpaired) electrons. The lowest BCUT2D eigenvalue weighted by atomic mass is 10.1. The summed E-state index contributed by atoms with van der Waals surface area (Å²) in [6, 6.07) is 15.2. The maximum Gasteiger partial charge on any atom is 0.0805 e. The van der Waals surface area contributed by atoms with Crippen LogP contribution in [0.15, 0.2) is 58.3 Å². The van der Waals surface area contributed by atoms with E-state index in [1.807, 2.05) is 48.5 Å². The van der Waals surface area contributed by atoms with E-state index in [1.54, 1.807) is 17.6 Å². The van der Waals surface area contributed by atoms with Crippen LogP contribution in [0.1, 0.15) is 20.9 Å². The quantitative estimate of drug-likeness (QED) is 0.293. The lowest BCUT2D eigenvalue weighted by molar-refractivity contribution is 0.685. The third kappa shape index (κ3) is 4.43. The lowest BCUT2D eigenvalue weighted by Crippen LogP contribution is -2.04. The minimum atomic E-state index is -1.05. The molecule has 140 valence electrons. The first-order chi connectivity index (χ1) is 12.9. The number of rotatable bonds is 6. The molecule has 4 N–H and O–H groups in total. The van der Waals surface area contributed by atoms with Gasteiger partial charge in [-0.15, -0.1) is 11.3 Å². The number of hydrogen-bond acceptors (Lipinski definition) is 6. The minimum Gasteiger partial charge on any atom is -0.398 e. The Morgan fingerprint density at radius 1 is 1.19 bits per heavy atom. The summed E-state index contributed by atoms with van der Waals surface area (Å²) < 4.78 is 15.2. The molecule has 1 heterocycles. The first kappa shape index (κ1) is 19.7. The molecule has 1 atom stereocenters. The molecule has 4 nitrogen and oxygen atoms in total. The van der Waals surface area contributed by atoms with Crippen molar-refractivity contribution in [3.05, 3.63) is 69.4 Å². The summed E-state index contributed by atoms with van der Waals surface area (Å²) in [4.78, 5) is 3.83. The van der Waals surface area contributed by atoms with E-state index in [9.17, 15) is 4.21 Å². The van der Waals surface area contributed by atoms with Gasteiger partial charge in [0, 0.05) is 33.0 Å². The first-order valence-corrected chi connectivity index (χ1v) is 11.5. The zero-order chi connectivity index (χ0) is 19.6. The number of hydrogen-bond donors (Lipinski definition) is 3. The van der Waals surface area contributed by atoms with Crippen molar-refractivity contribution in [3.8, 4) is 0 Å². The van der Waals surface area contributed by atoms with Crippen LogP contribution in [0.2, 0.25) is 0 Å². The highest BCUT2D eigenvalue weighted by Gasteiger charge is 2.13. The SMILES string of the molecule is Cc1cc(C(=N)c2cc(NSc3ccccc3S(C)=O)ccc2N)sc1C. The van der Waals surface area contributed by atoms with Crippen LogP contribution in [0.25, 0.3) is 0 Å². The van der Waals surface area contributed by atoms with Gasteiger partial charge in [0.25, 0.3) is 0 Å². The Morgan fingerprint density at radius 3 is 2.59 bits per heavy atom. The molecule has 1 unspecified atom stereocenters. The third-order valence-electron chi connectivity index (χ3n) is 4.17. The highest BCUT2D eigenvalue weighted by molar-refractivity contribution is 8.01. The highest BCUT2D eigenvalue weighted by atomic mass is 32.2. The summed E-state index contributed by atoms with van der Waals surface area (Å²) >= 11 is 3.01. The van der Waals surface area contributed by atoms with Gasteiger partial charge in [-0.2, -0.15) is 0 Å². The topological polar surface area (TPSA) is 79.0 Å². The average Bonchev–Trinajstić information content (AvgIpc) is 2.99. The molecule has 0 saturated carbocycles. The van der Waals surface area contributed by atoms with E-state index in [-0.39, 0.29) is 0 Å². The van der Waals surface area contributed by atoms with Crippen molar-refractivity contribution in [1.29, 1.82) is 5.41 Å². The second kappa shape index (κ2) is 8.29. The van der Waals surface area contributed by atoms with Gasteiger partial charge in [-0.3, -0.25) is 9.62 Å². The Morgan fingerprint density at radius 2 is 1.93 bits per heavy atom. The summed E-state index contributed by atoms with van der Waals surface area (Å²) in [6.45, 7) is 4.11. The van der Waals surface area contributed by atoms with Crippen molar-refractivity contribution in [2.45, 2.75) is 23.6 Å². The first-order valence-electron chi connectivity index (χ1n) is 8.28. The number of aryl methyl sites for hydroxylation is 2. The van der Waals surface area contributed by atoms with Gasteiger partial charge >= 0.3 is 0 Å². The fourth-order valence-electron chi connectivity index (χ4n) is 2.55. The van der Waals surface area contributed by atoms with Crippen LogP contribution >= 0.6 is 23.3 Å². The molecule has 7 heteroatoms. The average molecular weight is 416 g/mol. The zero-order valence-electron chi connectivity index (χ0n) is 15.3. The van der Waals surface area contributed by atoms with Gasteiger partial charge < -0.3 is 10.5 Å². The molecule has 3 rings (SSSR count). The Labute approximate surface area is 170 Å². The van der Waals surface area contributed by atoms with E-state index in [0.29, 0.717) is 17.0 Å². The van der Waals surface area contributed by atoms with Crippen molar-refractivity contribution in [3.63, 3.8) is 0 Å². The van der Waals surface area contributed by atoms with E-state index >= 15 is 0 Å². The van der Waals surface area contributed by atoms with Crippen LogP contribution in [0.4, 0.5) is 11.4 Å². The molecular formula is C20H21N3OS3. The Bertz CT molecular complexity index is 1010. The molecule has 0 aliphatic carbocycles. The molecule has 0 aliphatic heterocycles. The van der Waals surface area contributed by atoms with E-state index in [0.717, 1.165) is 20.4 Å². The molecular weight excluding hydrogens is 394 g/mol. The molecule has 0 spiro atoms. The summed E-state index contributed by atoms with van der Waals surface area (Å²) in [5, 5.41) is 8.56. The molecule has 0 aliphatic rings. The predicted molar refractivity (Wildman–Crippen MR) is 119 cm³/mol. The fraction of sp³-hybridized carbons (Fsp3) is 0.150. The van der Waals surface area contributed by atoms with Crippen molar-refractivity contribution in [2.75, 3.05) is 16.7 Å². The van der Waals surface area contributed by atoms with Crippen LogP contribution in [-0.4, -0.2) is 16.2 Å². The van der Waals surface area contributed by atoms with Crippen LogP contribution in [0, 0.1) is 19.3 Å². The normalized spacial score (nSPS) is 12.0. The fourth-order valence-corrected chi connectivity index (χ4v) is 5.32. The van der Waals surface area contributed by atoms with Gasteiger partial charge in [0.2, 0.25) is 0 Å². The largest absolute Gasteiger partial charge is 0.398 e. The Balaban J connectivity index is 1.84. The smallest absolute Gasteiger partial charge is 0.0805 e. The maximum absolute atomic E-state index is 11.9. The Kier molecular flexibility index (Phi) is 6.04. The van der Waals surface area contributed by atoms with Gasteiger partial charge in [-0.05, 0) is 67.8 Å². The molecule has 0 saturated heterocycles. The number of nitrogen functional groups attached to an aromatic ring is 1. The number of nitrogens with two attached hydrogens (primary N) is 1. The lowest BCUT2D eigenvalue weighted by Gasteiger charge is -2.12. The standard InChI is InChI=1S/C20H21N3OS3/c1-12-10-18(25-13(12)2)20(22)15-11-14(8-9-16(15)21)23-26-17-6-4-5-7-19(17)27(3)24/h4-11,22-23H,21H2,1-3H3. The molecule has 0 amide bonds. The summed E-state index contributed by atoms with van der Waals surface area (Å²) in [7, 11) is -1.05.